The Morgan fingerprint density at radius 1 is 1.32 bits per heavy atom. The molecule has 2 fully saturated rings. The molecular weight excluding hydrogens is 287 g/mol. The summed E-state index contributed by atoms with van der Waals surface area (Å²) in [5.74, 6) is -0.797. The van der Waals surface area contributed by atoms with Gasteiger partial charge >= 0.3 is 5.69 Å². The average Bonchev–Trinajstić information content (AvgIpc) is 2.48. The minimum absolute atomic E-state index is 0.0870. The number of halogens is 1. The molecule has 0 aromatic heterocycles. The molecular formula is C16H21FN2O3. The van der Waals surface area contributed by atoms with Crippen LogP contribution in [-0.2, 0) is 4.74 Å². The van der Waals surface area contributed by atoms with Crippen LogP contribution < -0.4 is 5.32 Å². The second-order valence-electron chi connectivity index (χ2n) is 6.32. The molecule has 0 bridgehead atoms. The number of rotatable bonds is 3. The van der Waals surface area contributed by atoms with E-state index in [9.17, 15) is 14.5 Å². The van der Waals surface area contributed by atoms with Crippen LogP contribution >= 0.6 is 0 Å². The van der Waals surface area contributed by atoms with Crippen molar-refractivity contribution in [1.82, 2.24) is 0 Å². The van der Waals surface area contributed by atoms with Gasteiger partial charge in [-0.15, -0.1) is 0 Å². The van der Waals surface area contributed by atoms with Crippen LogP contribution in [-0.4, -0.2) is 23.2 Å². The molecule has 1 heterocycles. The number of hydrogen-bond donors (Lipinski definition) is 1. The number of nitro groups is 1. The van der Waals surface area contributed by atoms with Crippen molar-refractivity contribution < 1.29 is 14.1 Å². The van der Waals surface area contributed by atoms with Crippen molar-refractivity contribution in [1.29, 1.82) is 0 Å². The first kappa shape index (κ1) is 15.2. The predicted molar refractivity (Wildman–Crippen MR) is 81.5 cm³/mol. The Bertz CT molecular complexity index is 553. The molecule has 1 aromatic carbocycles. The summed E-state index contributed by atoms with van der Waals surface area (Å²) in [5.41, 5.74) is -0.287. The van der Waals surface area contributed by atoms with Crippen molar-refractivity contribution in [3.05, 3.63) is 34.1 Å². The van der Waals surface area contributed by atoms with E-state index in [4.69, 9.17) is 4.74 Å². The smallest absolute Gasteiger partial charge is 0.327 e. The first-order chi connectivity index (χ1) is 10.6. The zero-order chi connectivity index (χ0) is 15.6. The molecule has 1 saturated heterocycles. The van der Waals surface area contributed by atoms with E-state index in [2.05, 4.69) is 5.32 Å². The largest absolute Gasteiger partial charge is 0.376 e. The predicted octanol–water partition coefficient (Wildman–Crippen LogP) is 4.03. The highest BCUT2D eigenvalue weighted by Gasteiger charge is 2.39. The van der Waals surface area contributed by atoms with Gasteiger partial charge in [0, 0.05) is 12.6 Å². The van der Waals surface area contributed by atoms with Crippen molar-refractivity contribution >= 4 is 11.4 Å². The maximum absolute atomic E-state index is 13.7. The molecule has 120 valence electrons. The number of hydrogen-bond acceptors (Lipinski definition) is 4. The van der Waals surface area contributed by atoms with Gasteiger partial charge in [-0.3, -0.25) is 10.1 Å². The molecule has 0 radical (unpaired) electrons. The van der Waals surface area contributed by atoms with Crippen LogP contribution in [0.5, 0.6) is 0 Å². The Hall–Kier alpha value is -1.69. The summed E-state index contributed by atoms with van der Waals surface area (Å²) < 4.78 is 19.7. The zero-order valence-corrected chi connectivity index (χ0v) is 12.5. The number of ether oxygens (including phenoxy) is 1. The number of para-hydroxylation sites is 1. The number of benzene rings is 1. The molecule has 22 heavy (non-hydrogen) atoms. The van der Waals surface area contributed by atoms with Gasteiger partial charge in [0.15, 0.2) is 0 Å². The molecule has 1 aromatic rings. The third-order valence-corrected chi connectivity index (χ3v) is 4.79. The minimum atomic E-state index is -0.797. The molecule has 3 rings (SSSR count). The van der Waals surface area contributed by atoms with E-state index in [1.54, 1.807) is 6.07 Å². The lowest BCUT2D eigenvalue weighted by Crippen LogP contribution is -2.45. The summed E-state index contributed by atoms with van der Waals surface area (Å²) in [6, 6.07) is 4.29. The van der Waals surface area contributed by atoms with Crippen molar-refractivity contribution in [3.8, 4) is 0 Å². The van der Waals surface area contributed by atoms with E-state index < -0.39 is 16.4 Å². The lowest BCUT2D eigenvalue weighted by molar-refractivity contribution is -0.386. The summed E-state index contributed by atoms with van der Waals surface area (Å²) in [6.07, 6.45) is 7.32. The molecule has 1 unspecified atom stereocenters. The third-order valence-electron chi connectivity index (χ3n) is 4.79. The molecule has 1 spiro atoms. The molecule has 1 saturated carbocycles. The quantitative estimate of drug-likeness (QED) is 0.676. The van der Waals surface area contributed by atoms with Crippen LogP contribution in [0.3, 0.4) is 0 Å². The Labute approximate surface area is 129 Å². The van der Waals surface area contributed by atoms with Gasteiger partial charge in [-0.1, -0.05) is 25.3 Å². The van der Waals surface area contributed by atoms with E-state index in [1.807, 2.05) is 0 Å². The van der Waals surface area contributed by atoms with Gasteiger partial charge in [0.2, 0.25) is 5.82 Å². The van der Waals surface area contributed by atoms with Gasteiger partial charge in [-0.25, -0.2) is 0 Å². The highest BCUT2D eigenvalue weighted by molar-refractivity contribution is 5.62. The summed E-state index contributed by atoms with van der Waals surface area (Å²) in [7, 11) is 0. The van der Waals surface area contributed by atoms with Crippen molar-refractivity contribution in [2.75, 3.05) is 11.9 Å². The van der Waals surface area contributed by atoms with Gasteiger partial charge in [-0.05, 0) is 37.8 Å². The van der Waals surface area contributed by atoms with Crippen molar-refractivity contribution in [2.24, 2.45) is 0 Å². The van der Waals surface area contributed by atoms with E-state index in [0.29, 0.717) is 6.61 Å². The topological polar surface area (TPSA) is 64.4 Å². The lowest BCUT2D eigenvalue weighted by Gasteiger charge is -2.43. The summed E-state index contributed by atoms with van der Waals surface area (Å²) in [5, 5.41) is 14.3. The molecule has 2 aliphatic rings. The van der Waals surface area contributed by atoms with Crippen molar-refractivity contribution in [2.45, 2.75) is 56.6 Å². The maximum atomic E-state index is 13.7. The fraction of sp³-hybridized carbons (Fsp3) is 0.625. The van der Waals surface area contributed by atoms with Crippen molar-refractivity contribution in [3.63, 3.8) is 0 Å². The summed E-state index contributed by atoms with van der Waals surface area (Å²) in [6.45, 7) is 0.654. The van der Waals surface area contributed by atoms with Crippen LogP contribution in [0.25, 0.3) is 0 Å². The maximum Gasteiger partial charge on any atom is 0.327 e. The van der Waals surface area contributed by atoms with Gasteiger partial charge in [0.25, 0.3) is 0 Å². The van der Waals surface area contributed by atoms with E-state index in [0.717, 1.165) is 31.7 Å². The van der Waals surface area contributed by atoms with Gasteiger partial charge in [-0.2, -0.15) is 4.39 Å². The highest BCUT2D eigenvalue weighted by Crippen LogP contribution is 2.40. The molecule has 1 aliphatic heterocycles. The minimum Gasteiger partial charge on any atom is -0.376 e. The number of anilines is 1. The summed E-state index contributed by atoms with van der Waals surface area (Å²) >= 11 is 0. The Balaban J connectivity index is 1.76. The Morgan fingerprint density at radius 3 is 2.82 bits per heavy atom. The third kappa shape index (κ3) is 3.06. The zero-order valence-electron chi connectivity index (χ0n) is 12.5. The average molecular weight is 308 g/mol. The molecule has 5 nitrogen and oxygen atoms in total. The molecule has 1 N–H and O–H groups in total. The van der Waals surface area contributed by atoms with Crippen LogP contribution in [0.2, 0.25) is 0 Å². The molecule has 6 heteroatoms. The first-order valence-electron chi connectivity index (χ1n) is 7.93. The lowest BCUT2D eigenvalue weighted by atomic mass is 9.78. The monoisotopic (exact) mass is 308 g/mol. The summed E-state index contributed by atoms with van der Waals surface area (Å²) in [4.78, 5) is 10.4. The van der Waals surface area contributed by atoms with Crippen LogP contribution in [0.15, 0.2) is 18.2 Å². The second-order valence-corrected chi connectivity index (χ2v) is 6.32. The SMILES string of the molecule is O=[N+]([O-])c1c(F)cccc1NC1CCOC2(CCCCC2)C1. The fourth-order valence-corrected chi connectivity index (χ4v) is 3.73. The van der Waals surface area contributed by atoms with Crippen LogP contribution in [0, 0.1) is 15.9 Å². The molecule has 1 aliphatic carbocycles. The number of nitrogens with zero attached hydrogens (tertiary/aromatic N) is 1. The standard InChI is InChI=1S/C16H21FN2O3/c17-13-5-4-6-14(15(13)19(20)21)18-12-7-10-22-16(11-12)8-2-1-3-9-16/h4-6,12,18H,1-3,7-11H2. The van der Waals surface area contributed by atoms with E-state index in [1.165, 1.54) is 25.3 Å². The molecule has 1 atom stereocenters. The fourth-order valence-electron chi connectivity index (χ4n) is 3.73. The number of nitro benzene ring substituents is 1. The van der Waals surface area contributed by atoms with E-state index in [-0.39, 0.29) is 17.3 Å². The van der Waals surface area contributed by atoms with Gasteiger partial charge in [0.05, 0.1) is 10.5 Å². The van der Waals surface area contributed by atoms with Crippen LogP contribution in [0.1, 0.15) is 44.9 Å². The number of nitrogens with one attached hydrogen (secondary N) is 1. The Morgan fingerprint density at radius 2 is 2.09 bits per heavy atom. The van der Waals surface area contributed by atoms with Gasteiger partial charge < -0.3 is 10.1 Å². The van der Waals surface area contributed by atoms with Gasteiger partial charge in [0.1, 0.15) is 5.69 Å². The first-order valence-corrected chi connectivity index (χ1v) is 7.93. The highest BCUT2D eigenvalue weighted by atomic mass is 19.1. The van der Waals surface area contributed by atoms with E-state index >= 15 is 0 Å². The normalized spacial score (nSPS) is 24.1. The second kappa shape index (κ2) is 6.20. The van der Waals surface area contributed by atoms with Crippen LogP contribution in [0.4, 0.5) is 15.8 Å². The molecule has 0 amide bonds. The Kier molecular flexibility index (Phi) is 4.29.